The van der Waals surface area contributed by atoms with E-state index in [0.717, 1.165) is 31.2 Å². The molecule has 1 saturated heterocycles. The molecule has 1 N–H and O–H groups in total. The van der Waals surface area contributed by atoms with Gasteiger partial charge < -0.3 is 5.11 Å². The molecule has 0 aliphatic carbocycles. The summed E-state index contributed by atoms with van der Waals surface area (Å²) in [4.78, 5) is 4.78. The van der Waals surface area contributed by atoms with Gasteiger partial charge in [0.2, 0.25) is 0 Å². The zero-order valence-corrected chi connectivity index (χ0v) is 14.8. The van der Waals surface area contributed by atoms with Crippen LogP contribution in [0.25, 0.3) is 0 Å². The van der Waals surface area contributed by atoms with Gasteiger partial charge in [-0.05, 0) is 24.6 Å². The van der Waals surface area contributed by atoms with Crippen LogP contribution < -0.4 is 0 Å². The van der Waals surface area contributed by atoms with Crippen molar-refractivity contribution in [1.82, 2.24) is 19.6 Å². The number of hydrogen-bond acceptors (Lipinski definition) is 4. The Balaban J connectivity index is 1.48. The normalized spacial score (nSPS) is 19.3. The lowest BCUT2D eigenvalue weighted by Gasteiger charge is -2.39. The van der Waals surface area contributed by atoms with Crippen molar-refractivity contribution < 1.29 is 5.11 Å². The van der Waals surface area contributed by atoms with Crippen LogP contribution >= 0.6 is 11.6 Å². The molecule has 6 heteroatoms. The lowest BCUT2D eigenvalue weighted by atomic mass is 10.1. The highest BCUT2D eigenvalue weighted by atomic mass is 35.5. The van der Waals surface area contributed by atoms with E-state index in [0.29, 0.717) is 19.1 Å². The summed E-state index contributed by atoms with van der Waals surface area (Å²) in [7, 11) is 0. The quantitative estimate of drug-likeness (QED) is 0.869. The lowest BCUT2D eigenvalue weighted by Crippen LogP contribution is -2.49. The van der Waals surface area contributed by atoms with Gasteiger partial charge in [0.1, 0.15) is 0 Å². The summed E-state index contributed by atoms with van der Waals surface area (Å²) in [6, 6.07) is 10.3. The number of aromatic nitrogens is 2. The minimum Gasteiger partial charge on any atom is -0.390 e. The van der Waals surface area contributed by atoms with Crippen molar-refractivity contribution in [2.24, 2.45) is 0 Å². The molecule has 24 heavy (non-hydrogen) atoms. The van der Waals surface area contributed by atoms with Gasteiger partial charge in [0.15, 0.2) is 0 Å². The number of benzene rings is 1. The van der Waals surface area contributed by atoms with Crippen LogP contribution in [0.1, 0.15) is 18.5 Å². The Hall–Kier alpha value is -1.40. The Morgan fingerprint density at radius 2 is 1.88 bits per heavy atom. The van der Waals surface area contributed by atoms with Crippen LogP contribution in [0.15, 0.2) is 42.7 Å². The van der Waals surface area contributed by atoms with E-state index >= 15 is 0 Å². The molecule has 1 aromatic carbocycles. The van der Waals surface area contributed by atoms with Gasteiger partial charge >= 0.3 is 0 Å². The van der Waals surface area contributed by atoms with E-state index in [4.69, 9.17) is 11.6 Å². The summed E-state index contributed by atoms with van der Waals surface area (Å²) < 4.78 is 1.78. The zero-order chi connectivity index (χ0) is 16.9. The monoisotopic (exact) mass is 348 g/mol. The first-order chi connectivity index (χ1) is 11.6. The second-order valence-corrected chi connectivity index (χ2v) is 6.82. The average molecular weight is 349 g/mol. The standard InChI is InChI=1S/C18H25ClN4O/c1-15(17-5-2-3-6-18(17)19)22-11-9-21(10-12-22)13-16(24)14-23-8-4-7-20-23/h2-8,15-16,24H,9-14H2,1H3/t15-,16-/m1/s1. The van der Waals surface area contributed by atoms with Crippen molar-refractivity contribution in [3.05, 3.63) is 53.3 Å². The third kappa shape index (κ3) is 4.36. The van der Waals surface area contributed by atoms with E-state index in [2.05, 4.69) is 27.9 Å². The van der Waals surface area contributed by atoms with Crippen LogP contribution in [0.5, 0.6) is 0 Å². The van der Waals surface area contributed by atoms with Gasteiger partial charge in [-0.1, -0.05) is 29.8 Å². The van der Waals surface area contributed by atoms with Gasteiger partial charge in [-0.3, -0.25) is 14.5 Å². The second kappa shape index (κ2) is 8.12. The summed E-state index contributed by atoms with van der Waals surface area (Å²) in [5, 5.41) is 15.2. The van der Waals surface area contributed by atoms with Crippen LogP contribution in [0.3, 0.4) is 0 Å². The molecule has 130 valence electrons. The van der Waals surface area contributed by atoms with Gasteiger partial charge in [-0.15, -0.1) is 0 Å². The lowest BCUT2D eigenvalue weighted by molar-refractivity contribution is 0.0513. The number of rotatable bonds is 6. The summed E-state index contributed by atoms with van der Waals surface area (Å²) in [6.45, 7) is 7.35. The molecule has 2 aromatic rings. The smallest absolute Gasteiger partial charge is 0.0862 e. The predicted molar refractivity (Wildman–Crippen MR) is 96.1 cm³/mol. The minimum atomic E-state index is -0.391. The number of β-amino-alcohol motifs (C(OH)–C–C–N with tert-alkyl or cyclic N) is 1. The molecule has 0 saturated carbocycles. The molecule has 2 atom stereocenters. The second-order valence-electron chi connectivity index (χ2n) is 6.42. The maximum absolute atomic E-state index is 10.2. The van der Waals surface area contributed by atoms with E-state index in [1.807, 2.05) is 30.5 Å². The van der Waals surface area contributed by atoms with Crippen molar-refractivity contribution in [3.63, 3.8) is 0 Å². The van der Waals surface area contributed by atoms with Crippen molar-refractivity contribution in [1.29, 1.82) is 0 Å². The van der Waals surface area contributed by atoms with Crippen LogP contribution in [-0.2, 0) is 6.54 Å². The number of aliphatic hydroxyl groups is 1. The predicted octanol–water partition coefficient (Wildman–Crippen LogP) is 2.28. The molecule has 1 aliphatic rings. The fraction of sp³-hybridized carbons (Fsp3) is 0.500. The van der Waals surface area contributed by atoms with Gasteiger partial charge in [0, 0.05) is 56.2 Å². The van der Waals surface area contributed by atoms with Crippen molar-refractivity contribution in [2.75, 3.05) is 32.7 Å². The highest BCUT2D eigenvalue weighted by molar-refractivity contribution is 6.31. The third-order valence-electron chi connectivity index (χ3n) is 4.74. The molecule has 5 nitrogen and oxygen atoms in total. The first-order valence-corrected chi connectivity index (χ1v) is 8.87. The van der Waals surface area contributed by atoms with Crippen LogP contribution in [-0.4, -0.2) is 63.5 Å². The molecule has 0 unspecified atom stereocenters. The fourth-order valence-corrected chi connectivity index (χ4v) is 3.62. The summed E-state index contributed by atoms with van der Waals surface area (Å²) in [6.07, 6.45) is 3.23. The van der Waals surface area contributed by atoms with E-state index in [-0.39, 0.29) is 0 Å². The van der Waals surface area contributed by atoms with Gasteiger partial charge in [-0.2, -0.15) is 5.10 Å². The molecule has 3 rings (SSSR count). The number of aliphatic hydroxyl groups excluding tert-OH is 1. The van der Waals surface area contributed by atoms with Crippen LogP contribution in [0.2, 0.25) is 5.02 Å². The minimum absolute atomic E-state index is 0.315. The molecule has 2 heterocycles. The molecule has 1 aromatic heterocycles. The van der Waals surface area contributed by atoms with Gasteiger partial charge in [0.25, 0.3) is 0 Å². The molecule has 0 amide bonds. The molecule has 0 spiro atoms. The summed E-state index contributed by atoms with van der Waals surface area (Å²) >= 11 is 6.33. The molecule has 0 radical (unpaired) electrons. The van der Waals surface area contributed by atoms with Crippen LogP contribution in [0, 0.1) is 0 Å². The van der Waals surface area contributed by atoms with E-state index < -0.39 is 6.10 Å². The van der Waals surface area contributed by atoms with Crippen molar-refractivity contribution in [2.45, 2.75) is 25.6 Å². The van der Waals surface area contributed by atoms with Crippen LogP contribution in [0.4, 0.5) is 0 Å². The SMILES string of the molecule is C[C@H](c1ccccc1Cl)N1CCN(C[C@@H](O)Cn2cccn2)CC1. The number of hydrogen-bond donors (Lipinski definition) is 1. The maximum atomic E-state index is 10.2. The highest BCUT2D eigenvalue weighted by Crippen LogP contribution is 2.27. The largest absolute Gasteiger partial charge is 0.390 e. The fourth-order valence-electron chi connectivity index (χ4n) is 3.32. The Morgan fingerprint density at radius 3 is 2.54 bits per heavy atom. The highest BCUT2D eigenvalue weighted by Gasteiger charge is 2.24. The molecular formula is C18H25ClN4O. The molecule has 1 fully saturated rings. The average Bonchev–Trinajstić information content (AvgIpc) is 3.08. The summed E-state index contributed by atoms with van der Waals surface area (Å²) in [5.74, 6) is 0. The Kier molecular flexibility index (Phi) is 5.89. The molecular weight excluding hydrogens is 324 g/mol. The Bertz CT molecular complexity index is 626. The van der Waals surface area contributed by atoms with Gasteiger partial charge in [-0.25, -0.2) is 0 Å². The number of piperazine rings is 1. The molecule has 0 bridgehead atoms. The van der Waals surface area contributed by atoms with Gasteiger partial charge in [0.05, 0.1) is 12.6 Å². The van der Waals surface area contributed by atoms with E-state index in [1.54, 1.807) is 10.9 Å². The van der Waals surface area contributed by atoms with E-state index in [1.165, 1.54) is 5.56 Å². The van der Waals surface area contributed by atoms with Crippen molar-refractivity contribution >= 4 is 11.6 Å². The van der Waals surface area contributed by atoms with Crippen molar-refractivity contribution in [3.8, 4) is 0 Å². The third-order valence-corrected chi connectivity index (χ3v) is 5.08. The first-order valence-electron chi connectivity index (χ1n) is 8.50. The summed E-state index contributed by atoms with van der Waals surface area (Å²) in [5.41, 5.74) is 1.19. The molecule has 1 aliphatic heterocycles. The number of halogens is 1. The number of nitrogens with zero attached hydrogens (tertiary/aromatic N) is 4. The zero-order valence-electron chi connectivity index (χ0n) is 14.1. The Morgan fingerprint density at radius 1 is 1.12 bits per heavy atom. The Labute approximate surface area is 148 Å². The maximum Gasteiger partial charge on any atom is 0.0862 e. The van der Waals surface area contributed by atoms with E-state index in [9.17, 15) is 5.11 Å². The first kappa shape index (κ1) is 17.4. The topological polar surface area (TPSA) is 44.5 Å².